The molecule has 1 aromatic carbocycles. The predicted octanol–water partition coefficient (Wildman–Crippen LogP) is 5.20. The lowest BCUT2D eigenvalue weighted by molar-refractivity contribution is -0.0110. The summed E-state index contributed by atoms with van der Waals surface area (Å²) >= 11 is 0. The summed E-state index contributed by atoms with van der Waals surface area (Å²) < 4.78 is 15.4. The highest BCUT2D eigenvalue weighted by atomic mass is 16.5. The van der Waals surface area contributed by atoms with Gasteiger partial charge >= 0.3 is 0 Å². The minimum Gasteiger partial charge on any atom is -0.491 e. The van der Waals surface area contributed by atoms with Gasteiger partial charge in [-0.25, -0.2) is 4.98 Å². The number of fused-ring (bicyclic) bond motifs is 2. The normalized spacial score (nSPS) is 15.6. The number of nitrogens with zero attached hydrogens (tertiary/aromatic N) is 5. The third-order valence-electron chi connectivity index (χ3n) is 7.12. The van der Waals surface area contributed by atoms with Crippen LogP contribution in [0.15, 0.2) is 60.9 Å². The summed E-state index contributed by atoms with van der Waals surface area (Å²) in [5.74, 6) is 0.469. The van der Waals surface area contributed by atoms with Gasteiger partial charge in [0.05, 0.1) is 41.4 Å². The van der Waals surface area contributed by atoms with Crippen molar-refractivity contribution in [1.29, 1.82) is 0 Å². The number of aryl methyl sites for hydroxylation is 2. The van der Waals surface area contributed by atoms with E-state index < -0.39 is 0 Å². The molecule has 6 rings (SSSR count). The first kappa shape index (κ1) is 25.1. The van der Waals surface area contributed by atoms with Gasteiger partial charge in [0.1, 0.15) is 23.7 Å². The van der Waals surface area contributed by atoms with Crippen LogP contribution in [0, 0.1) is 6.92 Å². The van der Waals surface area contributed by atoms with Crippen LogP contribution in [-0.4, -0.2) is 49.4 Å². The number of hydrogen-bond acceptors (Lipinski definition) is 6. The summed E-state index contributed by atoms with van der Waals surface area (Å²) in [6, 6.07) is 15.6. The number of amides is 1. The number of aromatic nitrogens is 5. The van der Waals surface area contributed by atoms with E-state index in [-0.39, 0.29) is 12.0 Å². The molecule has 1 atom stereocenters. The molecule has 9 heteroatoms. The summed E-state index contributed by atoms with van der Waals surface area (Å²) in [6.07, 6.45) is 7.58. The summed E-state index contributed by atoms with van der Waals surface area (Å²) in [7, 11) is 0. The molecule has 200 valence electrons. The number of benzene rings is 1. The highest BCUT2D eigenvalue weighted by molar-refractivity contribution is 6.08. The Kier molecular flexibility index (Phi) is 6.98. The van der Waals surface area contributed by atoms with Gasteiger partial charge in [-0.3, -0.25) is 18.9 Å². The highest BCUT2D eigenvalue weighted by Crippen LogP contribution is 2.29. The lowest BCUT2D eigenvalue weighted by atomic mass is 10.1. The fraction of sp³-hybridized carbons (Fsp3) is 0.333. The van der Waals surface area contributed by atoms with Gasteiger partial charge in [0.25, 0.3) is 5.91 Å². The molecule has 1 aliphatic rings. The number of carbonyl (C=O) groups excluding carboxylic acids is 1. The van der Waals surface area contributed by atoms with E-state index in [0.29, 0.717) is 30.2 Å². The second-order valence-corrected chi connectivity index (χ2v) is 9.92. The van der Waals surface area contributed by atoms with E-state index in [1.165, 1.54) is 6.42 Å². The highest BCUT2D eigenvalue weighted by Gasteiger charge is 2.19. The van der Waals surface area contributed by atoms with Gasteiger partial charge in [-0.15, -0.1) is 0 Å². The van der Waals surface area contributed by atoms with E-state index in [0.717, 1.165) is 59.5 Å². The van der Waals surface area contributed by atoms with Crippen LogP contribution in [0.1, 0.15) is 53.8 Å². The van der Waals surface area contributed by atoms with E-state index in [4.69, 9.17) is 14.6 Å². The van der Waals surface area contributed by atoms with Crippen molar-refractivity contribution in [2.24, 2.45) is 0 Å². The monoisotopic (exact) mass is 524 g/mol. The number of anilines is 1. The molecule has 1 unspecified atom stereocenters. The number of carbonyl (C=O) groups is 1. The van der Waals surface area contributed by atoms with Gasteiger partial charge in [-0.2, -0.15) is 5.10 Å². The molecule has 0 spiro atoms. The molecule has 39 heavy (non-hydrogen) atoms. The van der Waals surface area contributed by atoms with Crippen molar-refractivity contribution in [3.8, 4) is 5.75 Å². The third-order valence-corrected chi connectivity index (χ3v) is 7.12. The van der Waals surface area contributed by atoms with Crippen molar-refractivity contribution in [2.45, 2.75) is 52.2 Å². The van der Waals surface area contributed by atoms with Crippen LogP contribution in [-0.2, 0) is 17.7 Å². The van der Waals surface area contributed by atoms with Crippen molar-refractivity contribution >= 4 is 28.1 Å². The molecule has 0 radical (unpaired) electrons. The smallest absolute Gasteiger partial charge is 0.274 e. The lowest BCUT2D eigenvalue weighted by Crippen LogP contribution is -2.25. The van der Waals surface area contributed by atoms with Gasteiger partial charge in [0, 0.05) is 30.0 Å². The van der Waals surface area contributed by atoms with E-state index in [1.807, 2.05) is 66.3 Å². The SMILES string of the molecule is CCc1nn(Cc2cccc(C)n2)c2cccc(NC(=O)c3cnc4cc(OCC5CCCCO5)ccn34)c12. The molecule has 1 fully saturated rings. The zero-order chi connectivity index (χ0) is 26.8. The molecule has 1 saturated heterocycles. The van der Waals surface area contributed by atoms with Gasteiger partial charge in [0.2, 0.25) is 0 Å². The Morgan fingerprint density at radius 3 is 2.90 bits per heavy atom. The number of imidazole rings is 1. The maximum Gasteiger partial charge on any atom is 0.274 e. The molecule has 4 aromatic heterocycles. The fourth-order valence-electron chi connectivity index (χ4n) is 5.16. The zero-order valence-electron chi connectivity index (χ0n) is 22.3. The number of nitrogens with one attached hydrogen (secondary N) is 1. The molecule has 9 nitrogen and oxygen atoms in total. The Bertz CT molecular complexity index is 1630. The predicted molar refractivity (Wildman–Crippen MR) is 149 cm³/mol. The number of ether oxygens (including phenoxy) is 2. The Balaban J connectivity index is 1.23. The van der Waals surface area contributed by atoms with Crippen LogP contribution in [0.2, 0.25) is 0 Å². The number of rotatable bonds is 8. The summed E-state index contributed by atoms with van der Waals surface area (Å²) in [4.78, 5) is 22.5. The first-order valence-electron chi connectivity index (χ1n) is 13.5. The second kappa shape index (κ2) is 10.9. The first-order chi connectivity index (χ1) is 19.1. The molecule has 1 aliphatic heterocycles. The van der Waals surface area contributed by atoms with Crippen LogP contribution in [0.5, 0.6) is 5.75 Å². The van der Waals surface area contributed by atoms with Crippen LogP contribution in [0.4, 0.5) is 5.69 Å². The Hall–Kier alpha value is -4.24. The summed E-state index contributed by atoms with van der Waals surface area (Å²) in [6.45, 7) is 5.92. The van der Waals surface area contributed by atoms with Gasteiger partial charge in [-0.05, 0) is 62.9 Å². The minimum absolute atomic E-state index is 0.129. The molecule has 0 saturated carbocycles. The molecular formula is C30H32N6O3. The van der Waals surface area contributed by atoms with Crippen LogP contribution >= 0.6 is 0 Å². The van der Waals surface area contributed by atoms with E-state index in [9.17, 15) is 4.79 Å². The van der Waals surface area contributed by atoms with E-state index in [1.54, 1.807) is 10.6 Å². The topological polar surface area (TPSA) is 95.6 Å². The van der Waals surface area contributed by atoms with Crippen LogP contribution < -0.4 is 10.1 Å². The van der Waals surface area contributed by atoms with Gasteiger partial charge < -0.3 is 14.8 Å². The first-order valence-corrected chi connectivity index (χ1v) is 13.5. The van der Waals surface area contributed by atoms with Gasteiger partial charge in [0.15, 0.2) is 0 Å². The average molecular weight is 525 g/mol. The van der Waals surface area contributed by atoms with Crippen molar-refractivity contribution in [2.75, 3.05) is 18.5 Å². The molecule has 0 aliphatic carbocycles. The van der Waals surface area contributed by atoms with Crippen molar-refractivity contribution in [1.82, 2.24) is 24.1 Å². The van der Waals surface area contributed by atoms with Crippen molar-refractivity contribution in [3.05, 3.63) is 83.7 Å². The van der Waals surface area contributed by atoms with Crippen LogP contribution in [0.3, 0.4) is 0 Å². The van der Waals surface area contributed by atoms with E-state index >= 15 is 0 Å². The maximum absolute atomic E-state index is 13.4. The molecule has 1 N–H and O–H groups in total. The van der Waals surface area contributed by atoms with Crippen molar-refractivity contribution in [3.63, 3.8) is 0 Å². The quantitative estimate of drug-likeness (QED) is 0.300. The molecule has 5 heterocycles. The van der Waals surface area contributed by atoms with Crippen LogP contribution in [0.25, 0.3) is 16.6 Å². The van der Waals surface area contributed by atoms with Gasteiger partial charge in [-0.1, -0.05) is 19.1 Å². The Morgan fingerprint density at radius 2 is 2.08 bits per heavy atom. The molecule has 5 aromatic rings. The standard InChI is InChI=1S/C30H32N6O3/c1-3-24-29-25(11-7-12-26(29)36(34-24)18-21-9-6-8-20(2)32-21)33-30(37)27-17-31-28-16-22(13-14-35(27)28)39-19-23-10-4-5-15-38-23/h6-9,11-14,16-17,23H,3-5,10,15,18-19H2,1-2H3,(H,33,37). The number of hydrogen-bond donors (Lipinski definition) is 1. The van der Waals surface area contributed by atoms with Crippen molar-refractivity contribution < 1.29 is 14.3 Å². The Morgan fingerprint density at radius 1 is 1.18 bits per heavy atom. The third kappa shape index (κ3) is 5.22. The average Bonchev–Trinajstić information content (AvgIpc) is 3.54. The molecule has 0 bridgehead atoms. The molecular weight excluding hydrogens is 492 g/mol. The van der Waals surface area contributed by atoms with E-state index in [2.05, 4.69) is 22.2 Å². The largest absolute Gasteiger partial charge is 0.491 e. The summed E-state index contributed by atoms with van der Waals surface area (Å²) in [5, 5.41) is 8.91. The number of pyridine rings is 2. The fourth-order valence-corrected chi connectivity index (χ4v) is 5.16. The minimum atomic E-state index is -0.241. The molecule has 1 amide bonds. The summed E-state index contributed by atoms with van der Waals surface area (Å²) in [5.41, 5.74) is 5.60. The Labute approximate surface area is 226 Å². The maximum atomic E-state index is 13.4. The zero-order valence-corrected chi connectivity index (χ0v) is 22.3. The lowest BCUT2D eigenvalue weighted by Gasteiger charge is -2.22. The second-order valence-electron chi connectivity index (χ2n) is 9.92.